The fourth-order valence-corrected chi connectivity index (χ4v) is 4.44. The van der Waals surface area contributed by atoms with Crippen molar-refractivity contribution in [2.24, 2.45) is 0 Å². The number of carbonyl (C=O) groups is 1. The van der Waals surface area contributed by atoms with Gasteiger partial charge in [-0.15, -0.1) is 10.2 Å². The number of aromatic nitrogens is 2. The molecule has 1 saturated heterocycles. The number of amides is 1. The highest BCUT2D eigenvalue weighted by Gasteiger charge is 2.27. The number of piperazine rings is 1. The number of hydrogen-bond donors (Lipinski definition) is 0. The molecule has 1 unspecified atom stereocenters. The third-order valence-corrected chi connectivity index (χ3v) is 6.23. The van der Waals surface area contributed by atoms with Crippen LogP contribution in [0.3, 0.4) is 0 Å². The molecule has 0 saturated carbocycles. The Hall–Kier alpha value is -2.32. The van der Waals surface area contributed by atoms with E-state index in [4.69, 9.17) is 4.42 Å². The summed E-state index contributed by atoms with van der Waals surface area (Å²) in [5.41, 5.74) is 2.04. The maximum atomic E-state index is 12.9. The van der Waals surface area contributed by atoms with Crippen LogP contribution in [-0.2, 0) is 4.79 Å². The third-order valence-electron chi connectivity index (χ3n) is 4.82. The van der Waals surface area contributed by atoms with Crippen molar-refractivity contribution in [3.8, 4) is 11.5 Å². The van der Waals surface area contributed by atoms with E-state index in [1.54, 1.807) is 0 Å². The minimum Gasteiger partial charge on any atom is -0.411 e. The van der Waals surface area contributed by atoms with E-state index < -0.39 is 0 Å². The Morgan fingerprint density at radius 3 is 2.55 bits per heavy atom. The van der Waals surface area contributed by atoms with E-state index in [2.05, 4.69) is 43.2 Å². The lowest BCUT2D eigenvalue weighted by molar-refractivity contribution is -0.130. The lowest BCUT2D eigenvalue weighted by Gasteiger charge is -2.37. The number of hydrogen-bond acceptors (Lipinski definition) is 6. The first-order valence-electron chi connectivity index (χ1n) is 9.45. The number of thioether (sulfide) groups is 1. The topological polar surface area (TPSA) is 62.5 Å². The van der Waals surface area contributed by atoms with Crippen molar-refractivity contribution in [1.82, 2.24) is 15.1 Å². The van der Waals surface area contributed by atoms with Gasteiger partial charge in [-0.2, -0.15) is 0 Å². The molecule has 1 atom stereocenters. The summed E-state index contributed by atoms with van der Waals surface area (Å²) in [4.78, 5) is 17.1. The van der Waals surface area contributed by atoms with Crippen LogP contribution in [0.1, 0.15) is 6.92 Å². The predicted molar refractivity (Wildman–Crippen MR) is 118 cm³/mol. The molecule has 1 aliphatic rings. The van der Waals surface area contributed by atoms with Crippen molar-refractivity contribution in [1.29, 1.82) is 0 Å². The number of carbonyl (C=O) groups excluding carboxylic acids is 1. The van der Waals surface area contributed by atoms with Gasteiger partial charge in [-0.05, 0) is 37.3 Å². The maximum absolute atomic E-state index is 12.9. The fraction of sp³-hybridized carbons (Fsp3) is 0.286. The zero-order valence-electron chi connectivity index (χ0n) is 16.0. The first-order valence-corrected chi connectivity index (χ1v) is 11.1. The van der Waals surface area contributed by atoms with E-state index in [1.165, 1.54) is 17.4 Å². The van der Waals surface area contributed by atoms with Gasteiger partial charge in [-0.1, -0.05) is 52.0 Å². The van der Waals surface area contributed by atoms with Crippen molar-refractivity contribution in [3.63, 3.8) is 0 Å². The van der Waals surface area contributed by atoms with Crippen LogP contribution < -0.4 is 4.90 Å². The van der Waals surface area contributed by atoms with Crippen molar-refractivity contribution < 1.29 is 9.21 Å². The molecule has 0 bridgehead atoms. The van der Waals surface area contributed by atoms with Gasteiger partial charge in [0.1, 0.15) is 0 Å². The van der Waals surface area contributed by atoms with Crippen LogP contribution in [0.2, 0.25) is 0 Å². The molecule has 150 valence electrons. The molecule has 0 spiro atoms. The summed E-state index contributed by atoms with van der Waals surface area (Å²) < 4.78 is 6.69. The molecule has 29 heavy (non-hydrogen) atoms. The van der Waals surface area contributed by atoms with E-state index >= 15 is 0 Å². The normalized spacial score (nSPS) is 15.4. The van der Waals surface area contributed by atoms with Gasteiger partial charge in [0.05, 0.1) is 5.25 Å². The van der Waals surface area contributed by atoms with Crippen LogP contribution >= 0.6 is 27.7 Å². The Morgan fingerprint density at radius 2 is 1.83 bits per heavy atom. The molecule has 2 heterocycles. The van der Waals surface area contributed by atoms with Crippen molar-refractivity contribution in [2.75, 3.05) is 31.1 Å². The highest BCUT2D eigenvalue weighted by atomic mass is 79.9. The van der Waals surface area contributed by atoms with E-state index in [9.17, 15) is 4.79 Å². The van der Waals surface area contributed by atoms with Crippen molar-refractivity contribution >= 4 is 39.3 Å². The van der Waals surface area contributed by atoms with Gasteiger partial charge in [-0.25, -0.2) is 0 Å². The zero-order valence-corrected chi connectivity index (χ0v) is 18.4. The second-order valence-electron chi connectivity index (χ2n) is 6.79. The minimum absolute atomic E-state index is 0.102. The van der Waals surface area contributed by atoms with Gasteiger partial charge < -0.3 is 14.2 Å². The Balaban J connectivity index is 1.33. The molecule has 4 rings (SSSR count). The van der Waals surface area contributed by atoms with Crippen LogP contribution in [0.25, 0.3) is 11.5 Å². The van der Waals surface area contributed by atoms with Gasteiger partial charge >= 0.3 is 0 Å². The number of halogens is 1. The fourth-order valence-electron chi connectivity index (χ4n) is 3.28. The zero-order chi connectivity index (χ0) is 20.2. The van der Waals surface area contributed by atoms with Crippen molar-refractivity contribution in [2.45, 2.75) is 17.4 Å². The molecule has 3 aromatic rings. The highest BCUT2D eigenvalue weighted by Crippen LogP contribution is 2.28. The third kappa shape index (κ3) is 4.82. The first-order chi connectivity index (χ1) is 14.1. The number of anilines is 1. The number of para-hydroxylation sites is 1. The van der Waals surface area contributed by atoms with E-state index in [-0.39, 0.29) is 11.2 Å². The summed E-state index contributed by atoms with van der Waals surface area (Å²) in [5, 5.41) is 8.32. The smallest absolute Gasteiger partial charge is 0.277 e. The van der Waals surface area contributed by atoms with Gasteiger partial charge in [-0.3, -0.25) is 4.79 Å². The Bertz CT molecular complexity index is 974. The SMILES string of the molecule is CC(Sc1nnc(-c2cccc(Br)c2)o1)C(=O)N1CCN(c2ccccc2)CC1. The number of nitrogens with zero attached hydrogens (tertiary/aromatic N) is 4. The molecule has 8 heteroatoms. The molecule has 0 radical (unpaired) electrons. The molecule has 2 aromatic carbocycles. The van der Waals surface area contributed by atoms with Crippen LogP contribution in [0.15, 0.2) is 68.7 Å². The molecule has 0 aliphatic carbocycles. The Morgan fingerprint density at radius 1 is 1.07 bits per heavy atom. The summed E-state index contributed by atoms with van der Waals surface area (Å²) >= 11 is 4.75. The standard InChI is InChI=1S/C21H21BrN4O2S/c1-15(29-21-24-23-19(28-21)16-6-5-7-17(22)14-16)20(27)26-12-10-25(11-13-26)18-8-3-2-4-9-18/h2-9,14-15H,10-13H2,1H3. The molecule has 1 amide bonds. The van der Waals surface area contributed by atoms with Crippen LogP contribution in [-0.4, -0.2) is 52.4 Å². The molecule has 1 aromatic heterocycles. The maximum Gasteiger partial charge on any atom is 0.277 e. The molecular formula is C21H21BrN4O2S. The van der Waals surface area contributed by atoms with Crippen molar-refractivity contribution in [3.05, 3.63) is 59.1 Å². The first kappa shape index (κ1) is 20.0. The van der Waals surface area contributed by atoms with E-state index in [1.807, 2.05) is 54.3 Å². The van der Waals surface area contributed by atoms with Crippen LogP contribution in [0.5, 0.6) is 0 Å². The summed E-state index contributed by atoms with van der Waals surface area (Å²) in [6, 6.07) is 18.0. The summed E-state index contributed by atoms with van der Waals surface area (Å²) in [5.74, 6) is 0.551. The monoisotopic (exact) mass is 472 g/mol. The molecule has 1 fully saturated rings. The lowest BCUT2D eigenvalue weighted by atomic mass is 10.2. The average molecular weight is 473 g/mol. The summed E-state index contributed by atoms with van der Waals surface area (Å²) in [7, 11) is 0. The average Bonchev–Trinajstić information content (AvgIpc) is 3.22. The van der Waals surface area contributed by atoms with E-state index in [0.29, 0.717) is 24.2 Å². The largest absolute Gasteiger partial charge is 0.411 e. The lowest BCUT2D eigenvalue weighted by Crippen LogP contribution is -2.50. The van der Waals surface area contributed by atoms with Gasteiger partial charge in [0.15, 0.2) is 0 Å². The van der Waals surface area contributed by atoms with Crippen LogP contribution in [0, 0.1) is 0 Å². The van der Waals surface area contributed by atoms with Gasteiger partial charge in [0, 0.05) is 41.9 Å². The van der Waals surface area contributed by atoms with E-state index in [0.717, 1.165) is 23.1 Å². The number of rotatable bonds is 5. The van der Waals surface area contributed by atoms with Gasteiger partial charge in [0.2, 0.25) is 11.8 Å². The quantitative estimate of drug-likeness (QED) is 0.515. The minimum atomic E-state index is -0.283. The predicted octanol–water partition coefficient (Wildman–Crippen LogP) is 4.33. The summed E-state index contributed by atoms with van der Waals surface area (Å²) in [6.07, 6.45) is 0. The summed E-state index contributed by atoms with van der Waals surface area (Å²) in [6.45, 7) is 4.98. The van der Waals surface area contributed by atoms with Gasteiger partial charge in [0.25, 0.3) is 5.22 Å². The molecule has 1 aliphatic heterocycles. The second-order valence-corrected chi connectivity index (χ2v) is 9.00. The highest BCUT2D eigenvalue weighted by molar-refractivity contribution is 9.10. The number of benzene rings is 2. The molecular weight excluding hydrogens is 452 g/mol. The second kappa shape index (κ2) is 9.00. The Labute approximate surface area is 182 Å². The Kier molecular flexibility index (Phi) is 6.20. The van der Waals surface area contributed by atoms with Crippen LogP contribution in [0.4, 0.5) is 5.69 Å². The molecule has 6 nitrogen and oxygen atoms in total. The molecule has 0 N–H and O–H groups in total.